The molecule has 3 aromatic carbocycles. The Morgan fingerprint density at radius 2 is 1.79 bits per heavy atom. The van der Waals surface area contributed by atoms with Crippen molar-refractivity contribution in [3.63, 3.8) is 0 Å². The molecule has 1 amide bonds. The van der Waals surface area contributed by atoms with Gasteiger partial charge in [0.05, 0.1) is 9.95 Å². The van der Waals surface area contributed by atoms with Crippen LogP contribution in [-0.4, -0.2) is 22.8 Å². The lowest BCUT2D eigenvalue weighted by molar-refractivity contribution is -0.385. The van der Waals surface area contributed by atoms with E-state index in [1.165, 1.54) is 24.3 Å². The maximum Gasteiger partial charge on any atom is 0.313 e. The molecule has 0 aromatic heterocycles. The van der Waals surface area contributed by atoms with Gasteiger partial charge in [-0.05, 0) is 29.8 Å². The molecule has 0 fully saturated rings. The summed E-state index contributed by atoms with van der Waals surface area (Å²) in [6, 6.07) is 20.4. The largest absolute Gasteiger partial charge is 0.449 e. The third kappa shape index (κ3) is 4.47. The first-order valence-electron chi connectivity index (χ1n) is 8.46. The van der Waals surface area contributed by atoms with E-state index in [0.717, 1.165) is 5.56 Å². The number of hydrogen-bond donors (Lipinski definition) is 0. The number of halogens is 1. The van der Waals surface area contributed by atoms with Crippen molar-refractivity contribution in [2.24, 2.45) is 0 Å². The number of benzene rings is 3. The van der Waals surface area contributed by atoms with Crippen molar-refractivity contribution in [2.45, 2.75) is 6.54 Å². The molecule has 0 saturated heterocycles. The Morgan fingerprint density at radius 3 is 2.50 bits per heavy atom. The molecule has 142 valence electrons. The number of carbonyl (C=O) groups excluding carboxylic acids is 1. The van der Waals surface area contributed by atoms with Crippen LogP contribution in [0.15, 0.2) is 72.8 Å². The van der Waals surface area contributed by atoms with Gasteiger partial charge in [-0.25, -0.2) is 0 Å². The van der Waals surface area contributed by atoms with E-state index in [0.29, 0.717) is 12.1 Å². The summed E-state index contributed by atoms with van der Waals surface area (Å²) in [5, 5.41) is 11.3. The summed E-state index contributed by atoms with van der Waals surface area (Å²) in [5.41, 5.74) is 1.17. The van der Waals surface area contributed by atoms with Gasteiger partial charge in [-0.15, -0.1) is 0 Å². The lowest BCUT2D eigenvalue weighted by atomic mass is 10.1. The second-order valence-corrected chi connectivity index (χ2v) is 6.53. The smallest absolute Gasteiger partial charge is 0.313 e. The molecular weight excluding hydrogens is 380 g/mol. The minimum absolute atomic E-state index is 0.0589. The van der Waals surface area contributed by atoms with E-state index in [1.807, 2.05) is 30.3 Å². The molecule has 0 spiro atoms. The molecule has 0 radical (unpaired) electrons. The molecule has 0 unspecified atom stereocenters. The first kappa shape index (κ1) is 19.4. The third-order valence-electron chi connectivity index (χ3n) is 4.05. The van der Waals surface area contributed by atoms with Crippen LogP contribution < -0.4 is 4.74 Å². The van der Waals surface area contributed by atoms with Crippen molar-refractivity contribution in [3.8, 4) is 11.5 Å². The molecule has 0 saturated carbocycles. The summed E-state index contributed by atoms with van der Waals surface area (Å²) in [4.78, 5) is 25.0. The maximum absolute atomic E-state index is 12.7. The van der Waals surface area contributed by atoms with Crippen molar-refractivity contribution in [3.05, 3.63) is 99.1 Å². The van der Waals surface area contributed by atoms with Crippen LogP contribution in [0.25, 0.3) is 0 Å². The van der Waals surface area contributed by atoms with Crippen LogP contribution in [0.3, 0.4) is 0 Å². The molecule has 7 heteroatoms. The number of nitrogens with zero attached hydrogens (tertiary/aromatic N) is 2. The summed E-state index contributed by atoms with van der Waals surface area (Å²) in [6.07, 6.45) is 0. The number of carbonyl (C=O) groups is 1. The number of para-hydroxylation sites is 1. The molecule has 0 aliphatic rings. The zero-order valence-corrected chi connectivity index (χ0v) is 15.8. The van der Waals surface area contributed by atoms with Crippen LogP contribution >= 0.6 is 11.6 Å². The van der Waals surface area contributed by atoms with Gasteiger partial charge in [0.15, 0.2) is 0 Å². The highest BCUT2D eigenvalue weighted by Gasteiger charge is 2.20. The summed E-state index contributed by atoms with van der Waals surface area (Å²) < 4.78 is 5.65. The lowest BCUT2D eigenvalue weighted by Crippen LogP contribution is -2.26. The highest BCUT2D eigenvalue weighted by Crippen LogP contribution is 2.37. The van der Waals surface area contributed by atoms with Crippen molar-refractivity contribution < 1.29 is 14.5 Å². The van der Waals surface area contributed by atoms with Crippen LogP contribution in [0, 0.1) is 10.1 Å². The molecule has 0 N–H and O–H groups in total. The van der Waals surface area contributed by atoms with E-state index in [1.54, 1.807) is 30.1 Å². The molecule has 3 rings (SSSR count). The number of nitro benzene ring substituents is 1. The molecule has 0 heterocycles. The SMILES string of the molecule is CN(Cc1ccccc1)C(=O)c1cccc(Oc2c(Cl)cccc2[N+](=O)[O-])c1. The van der Waals surface area contributed by atoms with Gasteiger partial charge in [0.2, 0.25) is 5.75 Å². The Morgan fingerprint density at radius 1 is 1.07 bits per heavy atom. The third-order valence-corrected chi connectivity index (χ3v) is 4.35. The fraction of sp³-hybridized carbons (Fsp3) is 0.0952. The minimum Gasteiger partial charge on any atom is -0.449 e. The average Bonchev–Trinajstić information content (AvgIpc) is 2.69. The molecule has 3 aromatic rings. The van der Waals surface area contributed by atoms with Crippen molar-refractivity contribution >= 4 is 23.2 Å². The number of hydrogen-bond acceptors (Lipinski definition) is 4. The Bertz CT molecular complexity index is 1010. The van der Waals surface area contributed by atoms with E-state index in [2.05, 4.69) is 0 Å². The minimum atomic E-state index is -0.566. The molecular formula is C21H17ClN2O4. The monoisotopic (exact) mass is 396 g/mol. The second kappa shape index (κ2) is 8.54. The van der Waals surface area contributed by atoms with E-state index in [4.69, 9.17) is 16.3 Å². The first-order chi connectivity index (χ1) is 13.5. The molecule has 6 nitrogen and oxygen atoms in total. The molecule has 0 aliphatic carbocycles. The van der Waals surface area contributed by atoms with Crippen molar-refractivity contribution in [1.29, 1.82) is 0 Å². The first-order valence-corrected chi connectivity index (χ1v) is 8.83. The summed E-state index contributed by atoms with van der Waals surface area (Å²) >= 11 is 6.06. The number of ether oxygens (including phenoxy) is 1. The highest BCUT2D eigenvalue weighted by atomic mass is 35.5. The van der Waals surface area contributed by atoms with Gasteiger partial charge in [0.25, 0.3) is 5.91 Å². The maximum atomic E-state index is 12.7. The van der Waals surface area contributed by atoms with Gasteiger partial charge in [0, 0.05) is 25.2 Å². The second-order valence-electron chi connectivity index (χ2n) is 6.12. The number of nitro groups is 1. The fourth-order valence-electron chi connectivity index (χ4n) is 2.70. The van der Waals surface area contributed by atoms with Crippen LogP contribution in [-0.2, 0) is 6.54 Å². The molecule has 0 bridgehead atoms. The predicted molar refractivity (Wildman–Crippen MR) is 107 cm³/mol. The molecule has 28 heavy (non-hydrogen) atoms. The van der Waals surface area contributed by atoms with Crippen LogP contribution in [0.2, 0.25) is 5.02 Å². The van der Waals surface area contributed by atoms with Gasteiger partial charge in [-0.3, -0.25) is 14.9 Å². The number of rotatable bonds is 6. The molecule has 0 atom stereocenters. The summed E-state index contributed by atoms with van der Waals surface area (Å²) in [6.45, 7) is 0.459. The summed E-state index contributed by atoms with van der Waals surface area (Å²) in [7, 11) is 1.71. The van der Waals surface area contributed by atoms with E-state index < -0.39 is 4.92 Å². The van der Waals surface area contributed by atoms with Crippen LogP contribution in [0.4, 0.5) is 5.69 Å². The lowest BCUT2D eigenvalue weighted by Gasteiger charge is -2.18. The zero-order chi connectivity index (χ0) is 20.1. The van der Waals surface area contributed by atoms with Gasteiger partial charge in [0.1, 0.15) is 5.75 Å². The van der Waals surface area contributed by atoms with E-state index in [-0.39, 0.29) is 28.1 Å². The van der Waals surface area contributed by atoms with Crippen molar-refractivity contribution in [2.75, 3.05) is 7.05 Å². The van der Waals surface area contributed by atoms with E-state index in [9.17, 15) is 14.9 Å². The average molecular weight is 397 g/mol. The predicted octanol–water partition coefficient (Wildman–Crippen LogP) is 5.31. The Labute approximate surface area is 167 Å². The fourth-order valence-corrected chi connectivity index (χ4v) is 2.91. The molecule has 0 aliphatic heterocycles. The normalized spacial score (nSPS) is 10.4. The van der Waals surface area contributed by atoms with Gasteiger partial charge in [-0.1, -0.05) is 54.1 Å². The topological polar surface area (TPSA) is 72.7 Å². The standard InChI is InChI=1S/C21H17ClN2O4/c1-23(14-15-7-3-2-4-8-15)21(25)16-9-5-10-17(13-16)28-20-18(22)11-6-12-19(20)24(26)27/h2-13H,14H2,1H3. The Kier molecular flexibility index (Phi) is 5.91. The quantitative estimate of drug-likeness (QED) is 0.418. The number of amides is 1. The highest BCUT2D eigenvalue weighted by molar-refractivity contribution is 6.32. The van der Waals surface area contributed by atoms with Crippen LogP contribution in [0.5, 0.6) is 11.5 Å². The van der Waals surface area contributed by atoms with E-state index >= 15 is 0 Å². The van der Waals surface area contributed by atoms with Crippen LogP contribution in [0.1, 0.15) is 15.9 Å². The van der Waals surface area contributed by atoms with Gasteiger partial charge >= 0.3 is 5.69 Å². The van der Waals surface area contributed by atoms with Gasteiger partial charge in [-0.2, -0.15) is 0 Å². The Balaban J connectivity index is 1.81. The van der Waals surface area contributed by atoms with Crippen molar-refractivity contribution in [1.82, 2.24) is 4.90 Å². The zero-order valence-electron chi connectivity index (χ0n) is 15.0. The summed E-state index contributed by atoms with van der Waals surface area (Å²) in [5.74, 6) is 0.0366. The van der Waals surface area contributed by atoms with Gasteiger partial charge < -0.3 is 9.64 Å². The Hall–Kier alpha value is -3.38.